The van der Waals surface area contributed by atoms with Gasteiger partial charge in [-0.05, 0) is 68.5 Å². The summed E-state index contributed by atoms with van der Waals surface area (Å²) in [6.45, 7) is 10.6. The maximum Gasteiger partial charge on any atom is 0.165 e. The Hall–Kier alpha value is -1.56. The van der Waals surface area contributed by atoms with Crippen LogP contribution < -0.4 is 4.74 Å². The van der Waals surface area contributed by atoms with Gasteiger partial charge in [-0.25, -0.2) is 0 Å². The number of fused-ring (bicyclic) bond motifs is 1. The zero-order valence-electron chi connectivity index (χ0n) is 21.2. The second-order valence-corrected chi connectivity index (χ2v) is 13.4. The number of hydrogen-bond donors (Lipinski definition) is 2. The maximum atomic E-state index is 12.2. The maximum absolute atomic E-state index is 12.2. The third-order valence-corrected chi connectivity index (χ3v) is 11.3. The normalized spacial score (nSPS) is 43.4. The van der Waals surface area contributed by atoms with Crippen molar-refractivity contribution in [2.45, 2.75) is 88.6 Å². The van der Waals surface area contributed by atoms with Gasteiger partial charge < -0.3 is 19.7 Å². The van der Waals surface area contributed by atoms with Gasteiger partial charge in [0.15, 0.2) is 11.5 Å². The molecule has 0 amide bonds. The lowest BCUT2D eigenvalue weighted by molar-refractivity contribution is -0.263. The van der Waals surface area contributed by atoms with Crippen molar-refractivity contribution < 1.29 is 19.7 Å². The van der Waals surface area contributed by atoms with E-state index in [2.05, 4.69) is 43.9 Å². The van der Waals surface area contributed by atoms with Gasteiger partial charge in [-0.2, -0.15) is 0 Å². The first-order chi connectivity index (χ1) is 16.0. The molecule has 2 unspecified atom stereocenters. The van der Waals surface area contributed by atoms with Crippen molar-refractivity contribution >= 4 is 0 Å². The summed E-state index contributed by atoms with van der Waals surface area (Å²) in [5, 5.41) is 23.1. The van der Waals surface area contributed by atoms with Crippen LogP contribution in [0.4, 0.5) is 0 Å². The van der Waals surface area contributed by atoms with Gasteiger partial charge in [-0.3, -0.25) is 4.90 Å². The van der Waals surface area contributed by atoms with E-state index in [9.17, 15) is 10.2 Å². The van der Waals surface area contributed by atoms with E-state index in [1.165, 1.54) is 30.5 Å². The number of rotatable bonds is 4. The third-order valence-electron chi connectivity index (χ3n) is 11.3. The lowest BCUT2D eigenvalue weighted by Crippen LogP contribution is -2.81. The van der Waals surface area contributed by atoms with Crippen LogP contribution in [0.25, 0.3) is 0 Å². The number of piperidine rings is 1. The fourth-order valence-electron chi connectivity index (χ4n) is 8.94. The Labute approximate surface area is 203 Å². The zero-order valence-corrected chi connectivity index (χ0v) is 21.2. The molecule has 1 aromatic carbocycles. The molecular formula is C29H39NO4. The summed E-state index contributed by atoms with van der Waals surface area (Å²) in [6.07, 6.45) is 10.0. The molecule has 0 radical (unpaired) electrons. The highest BCUT2D eigenvalue weighted by molar-refractivity contribution is 5.65. The summed E-state index contributed by atoms with van der Waals surface area (Å²) in [4.78, 5) is 2.77. The Morgan fingerprint density at radius 1 is 1.18 bits per heavy atom. The van der Waals surface area contributed by atoms with E-state index in [0.29, 0.717) is 11.8 Å². The number of likely N-dealkylation sites (tertiary alicyclic amines) is 1. The van der Waals surface area contributed by atoms with Crippen molar-refractivity contribution in [3.05, 3.63) is 35.4 Å². The quantitative estimate of drug-likeness (QED) is 0.653. The molecule has 5 nitrogen and oxygen atoms in total. The van der Waals surface area contributed by atoms with Crippen molar-refractivity contribution in [3.8, 4) is 11.5 Å². The first-order valence-corrected chi connectivity index (χ1v) is 13.3. The van der Waals surface area contributed by atoms with Crippen molar-refractivity contribution in [1.29, 1.82) is 0 Å². The molecule has 184 valence electrons. The minimum absolute atomic E-state index is 0.116. The van der Waals surface area contributed by atoms with Crippen LogP contribution >= 0.6 is 0 Å². The number of hydrogen-bond acceptors (Lipinski definition) is 5. The lowest BCUT2D eigenvalue weighted by atomic mass is 9.35. The fraction of sp³-hybridized carbons (Fsp3) is 0.724. The van der Waals surface area contributed by atoms with Gasteiger partial charge >= 0.3 is 0 Å². The highest BCUT2D eigenvalue weighted by Gasteiger charge is 2.81. The van der Waals surface area contributed by atoms with Crippen LogP contribution in [0.3, 0.4) is 0 Å². The van der Waals surface area contributed by atoms with Gasteiger partial charge in [0.1, 0.15) is 11.7 Å². The molecule has 2 heterocycles. The average Bonchev–Trinajstić information content (AvgIpc) is 3.53. The number of benzene rings is 1. The van der Waals surface area contributed by atoms with Crippen molar-refractivity contribution in [1.82, 2.24) is 4.90 Å². The van der Waals surface area contributed by atoms with Crippen LogP contribution in [0, 0.1) is 22.7 Å². The molecule has 1 saturated heterocycles. The number of phenols is 1. The van der Waals surface area contributed by atoms with Gasteiger partial charge in [0.2, 0.25) is 0 Å². The molecule has 8 rings (SSSR count). The van der Waals surface area contributed by atoms with Crippen LogP contribution in [0.2, 0.25) is 0 Å². The van der Waals surface area contributed by atoms with Crippen molar-refractivity contribution in [2.24, 2.45) is 22.7 Å². The topological polar surface area (TPSA) is 62.2 Å². The monoisotopic (exact) mass is 465 g/mol. The number of nitrogens with zero attached hydrogens (tertiary/aromatic N) is 1. The molecule has 5 heteroatoms. The predicted molar refractivity (Wildman–Crippen MR) is 130 cm³/mol. The number of phenolic OH excluding ortho intramolecular Hbond substituents is 1. The highest BCUT2D eigenvalue weighted by Crippen LogP contribution is 2.76. The summed E-state index contributed by atoms with van der Waals surface area (Å²) < 4.78 is 13.3. The molecule has 2 spiro atoms. The van der Waals surface area contributed by atoms with Crippen molar-refractivity contribution in [2.75, 3.05) is 20.2 Å². The summed E-state index contributed by atoms with van der Waals surface area (Å²) in [5.41, 5.74) is 0.165. The molecule has 7 atom stereocenters. The first-order valence-electron chi connectivity index (χ1n) is 13.3. The standard InChI is InChI=1S/C29H39NO4/c1-25(2,3)26(4,32)20-15-27-10-11-29(20,33-5)24-28(27)12-13-30(16-17-6-7-17)21(27)14-18-8-9-19(31)23(34-24)22(18)28/h8-11,17,20-21,24,31-32H,6-7,12-16H2,1-5H3/t20-,21-,24-,26?,27-,28+,29?/m1/s1. The van der Waals surface area contributed by atoms with Crippen molar-refractivity contribution in [3.63, 3.8) is 0 Å². The molecule has 0 aromatic heterocycles. The Bertz CT molecular complexity index is 1100. The Morgan fingerprint density at radius 3 is 2.62 bits per heavy atom. The smallest absolute Gasteiger partial charge is 0.165 e. The van der Waals surface area contributed by atoms with Gasteiger partial charge in [-0.15, -0.1) is 0 Å². The number of ether oxygens (including phenoxy) is 2. The van der Waals surface area contributed by atoms with Gasteiger partial charge in [0, 0.05) is 36.6 Å². The molecule has 7 aliphatic rings. The van der Waals surface area contributed by atoms with E-state index in [-0.39, 0.29) is 34.0 Å². The molecule has 2 aliphatic heterocycles. The molecule has 4 bridgehead atoms. The number of methoxy groups -OCH3 is 1. The van der Waals surface area contributed by atoms with Crippen LogP contribution in [0.1, 0.15) is 64.5 Å². The molecule has 2 saturated carbocycles. The largest absolute Gasteiger partial charge is 0.504 e. The number of aromatic hydroxyl groups is 1. The van der Waals surface area contributed by atoms with Crippen LogP contribution in [0.5, 0.6) is 11.5 Å². The number of aliphatic hydroxyl groups is 1. The van der Waals surface area contributed by atoms with Crippen LogP contribution in [0.15, 0.2) is 24.3 Å². The van der Waals surface area contributed by atoms with E-state index in [4.69, 9.17) is 9.47 Å². The second-order valence-electron chi connectivity index (χ2n) is 13.4. The third kappa shape index (κ3) is 2.20. The Kier molecular flexibility index (Phi) is 3.97. The lowest BCUT2D eigenvalue weighted by Gasteiger charge is -2.73. The molecule has 5 aliphatic carbocycles. The van der Waals surface area contributed by atoms with Gasteiger partial charge in [0.05, 0.1) is 11.0 Å². The van der Waals surface area contributed by atoms with E-state index in [0.717, 1.165) is 31.7 Å². The summed E-state index contributed by atoms with van der Waals surface area (Å²) >= 11 is 0. The highest BCUT2D eigenvalue weighted by atomic mass is 16.6. The second kappa shape index (κ2) is 6.22. The summed E-state index contributed by atoms with van der Waals surface area (Å²) in [5.74, 6) is 1.62. The predicted octanol–water partition coefficient (Wildman–Crippen LogP) is 4.19. The first kappa shape index (κ1) is 21.7. The fourth-order valence-corrected chi connectivity index (χ4v) is 8.94. The van der Waals surface area contributed by atoms with E-state index in [1.807, 2.05) is 13.0 Å². The van der Waals surface area contributed by atoms with Gasteiger partial charge in [-0.1, -0.05) is 39.0 Å². The molecule has 34 heavy (non-hydrogen) atoms. The van der Waals surface area contributed by atoms with E-state index >= 15 is 0 Å². The zero-order chi connectivity index (χ0) is 23.9. The van der Waals surface area contributed by atoms with Crippen LogP contribution in [-0.2, 0) is 16.6 Å². The summed E-state index contributed by atoms with van der Waals surface area (Å²) in [6, 6.07) is 4.33. The van der Waals surface area contributed by atoms with Crippen LogP contribution in [-0.4, -0.2) is 58.7 Å². The summed E-state index contributed by atoms with van der Waals surface area (Å²) in [7, 11) is 1.78. The average molecular weight is 466 g/mol. The Balaban J connectivity index is 1.49. The molecule has 3 fully saturated rings. The van der Waals surface area contributed by atoms with E-state index in [1.54, 1.807) is 7.11 Å². The Morgan fingerprint density at radius 2 is 1.94 bits per heavy atom. The molecular weight excluding hydrogens is 426 g/mol. The van der Waals surface area contributed by atoms with E-state index < -0.39 is 11.2 Å². The minimum atomic E-state index is -0.960. The SMILES string of the molecule is COC12C=C[C@@]3(C[C@@H]1C(C)(O)C(C)(C)C)[C@H]1Cc4ccc(O)c5c4[C@@]3(CCN1CC1CC1)[C@H]2O5. The molecule has 2 N–H and O–H groups in total. The van der Waals surface area contributed by atoms with Gasteiger partial charge in [0.25, 0.3) is 0 Å². The minimum Gasteiger partial charge on any atom is -0.504 e. The molecule has 1 aromatic rings.